The van der Waals surface area contributed by atoms with Gasteiger partial charge in [-0.1, -0.05) is 41.0 Å². The first kappa shape index (κ1) is 39.6. The first-order valence-electron chi connectivity index (χ1n) is 16.1. The minimum Gasteiger partial charge on any atom is -0.394 e. The van der Waals surface area contributed by atoms with E-state index in [0.29, 0.717) is 19.3 Å². The summed E-state index contributed by atoms with van der Waals surface area (Å²) in [4.78, 5) is 0. The Morgan fingerprint density at radius 3 is 1.70 bits per heavy atom. The molecule has 0 radical (unpaired) electrons. The van der Waals surface area contributed by atoms with Crippen LogP contribution >= 0.6 is 0 Å². The van der Waals surface area contributed by atoms with E-state index in [1.807, 2.05) is 34.6 Å². The largest absolute Gasteiger partial charge is 0.394 e. The zero-order valence-electron chi connectivity index (χ0n) is 26.9. The minimum absolute atomic E-state index is 0.00863. The second-order valence-electron chi connectivity index (χ2n) is 11.3. The van der Waals surface area contributed by atoms with Crippen molar-refractivity contribution in [1.29, 1.82) is 0 Å². The molecule has 0 saturated carbocycles. The zero-order chi connectivity index (χ0) is 32.6. The van der Waals surface area contributed by atoms with Crippen molar-refractivity contribution in [3.8, 4) is 0 Å². The van der Waals surface area contributed by atoms with Crippen LogP contribution < -0.4 is 0 Å². The molecule has 12 unspecified atom stereocenters. The average Bonchev–Trinajstić information content (AvgIpc) is 3.03. The summed E-state index contributed by atoms with van der Waals surface area (Å²) in [6, 6.07) is 0. The fourth-order valence-corrected chi connectivity index (χ4v) is 5.46. The third-order valence-corrected chi connectivity index (χ3v) is 8.23. The molecular formula is C30H58O14. The van der Waals surface area contributed by atoms with Gasteiger partial charge in [-0.3, -0.25) is 0 Å². The number of aliphatic hydroxyl groups excluding tert-OH is 6. The lowest BCUT2D eigenvalue weighted by Gasteiger charge is -2.48. The van der Waals surface area contributed by atoms with Crippen molar-refractivity contribution < 1.29 is 68.5 Å². The highest BCUT2D eigenvalue weighted by molar-refractivity contribution is 4.96. The van der Waals surface area contributed by atoms with Gasteiger partial charge in [0.25, 0.3) is 0 Å². The first-order chi connectivity index (χ1) is 21.2. The highest BCUT2D eigenvalue weighted by atomic mass is 16.8. The predicted octanol–water partition coefficient (Wildman–Crippen LogP) is -0.285. The Balaban J connectivity index is 2.37. The molecule has 14 nitrogen and oxygen atoms in total. The van der Waals surface area contributed by atoms with Gasteiger partial charge in [-0.05, 0) is 25.2 Å². The molecule has 2 aliphatic rings. The van der Waals surface area contributed by atoms with Gasteiger partial charge in [0.05, 0.1) is 65.1 Å². The van der Waals surface area contributed by atoms with E-state index in [1.54, 1.807) is 0 Å². The summed E-state index contributed by atoms with van der Waals surface area (Å²) in [5, 5.41) is 61.9. The van der Waals surface area contributed by atoms with Crippen molar-refractivity contribution in [3.63, 3.8) is 0 Å². The summed E-state index contributed by atoms with van der Waals surface area (Å²) in [6.45, 7) is 8.94. The maximum absolute atomic E-state index is 11.3. The molecule has 0 bridgehead atoms. The van der Waals surface area contributed by atoms with Crippen LogP contribution in [0.3, 0.4) is 0 Å². The van der Waals surface area contributed by atoms with Gasteiger partial charge in [0.1, 0.15) is 48.8 Å². The predicted molar refractivity (Wildman–Crippen MR) is 157 cm³/mol. The molecule has 2 aliphatic heterocycles. The molecule has 262 valence electrons. The molecule has 2 fully saturated rings. The van der Waals surface area contributed by atoms with E-state index in [1.165, 1.54) is 0 Å². The minimum atomic E-state index is -1.57. The molecule has 0 spiro atoms. The smallest absolute Gasteiger partial charge is 0.187 e. The number of rotatable bonds is 22. The van der Waals surface area contributed by atoms with Crippen molar-refractivity contribution in [2.75, 3.05) is 52.9 Å². The monoisotopic (exact) mass is 642 g/mol. The van der Waals surface area contributed by atoms with Gasteiger partial charge in [-0.2, -0.15) is 0 Å². The van der Waals surface area contributed by atoms with Crippen molar-refractivity contribution in [2.24, 2.45) is 5.92 Å². The van der Waals surface area contributed by atoms with Gasteiger partial charge in [0.2, 0.25) is 0 Å². The third-order valence-electron chi connectivity index (χ3n) is 8.23. The summed E-state index contributed by atoms with van der Waals surface area (Å²) in [6.07, 6.45) is -9.45. The topological polar surface area (TPSA) is 195 Å². The first-order valence-corrected chi connectivity index (χ1v) is 16.1. The highest BCUT2D eigenvalue weighted by Crippen LogP contribution is 2.34. The van der Waals surface area contributed by atoms with Crippen LogP contribution in [0.4, 0.5) is 0 Å². The van der Waals surface area contributed by atoms with Crippen LogP contribution in [0.1, 0.15) is 60.3 Å². The van der Waals surface area contributed by atoms with Gasteiger partial charge >= 0.3 is 0 Å². The standard InChI is InChI=1S/C30H58O14/c1-6-18(5)20(9-4)41-26-21(16-37-13-10-31)42-29(24(35)23(26)34)44-27-22(17-38-14-11-32)43-30(40-19(7-2)8-3)25(36)28(27)39-15-12-33/h18-36H,6-17H2,1-5H3. The quantitative estimate of drug-likeness (QED) is 0.0844. The van der Waals surface area contributed by atoms with Crippen LogP contribution in [0.2, 0.25) is 0 Å². The second-order valence-corrected chi connectivity index (χ2v) is 11.3. The van der Waals surface area contributed by atoms with Crippen LogP contribution in [-0.4, -0.2) is 157 Å². The normalized spacial score (nSPS) is 34.4. The second kappa shape index (κ2) is 21.3. The summed E-state index contributed by atoms with van der Waals surface area (Å²) < 4.78 is 47.8. The van der Waals surface area contributed by atoms with Crippen molar-refractivity contribution >= 4 is 0 Å². The number of aliphatic hydroxyl groups is 6. The number of hydrogen-bond donors (Lipinski definition) is 6. The van der Waals surface area contributed by atoms with Crippen molar-refractivity contribution in [2.45, 2.75) is 134 Å². The molecule has 0 aliphatic carbocycles. The maximum atomic E-state index is 11.3. The molecule has 2 heterocycles. The highest BCUT2D eigenvalue weighted by Gasteiger charge is 2.53. The van der Waals surface area contributed by atoms with E-state index < -0.39 is 61.4 Å². The van der Waals surface area contributed by atoms with Gasteiger partial charge < -0.3 is 68.5 Å². The maximum Gasteiger partial charge on any atom is 0.187 e. The van der Waals surface area contributed by atoms with E-state index in [2.05, 4.69) is 0 Å². The van der Waals surface area contributed by atoms with Crippen LogP contribution in [0.15, 0.2) is 0 Å². The van der Waals surface area contributed by atoms with Crippen LogP contribution in [0.5, 0.6) is 0 Å². The van der Waals surface area contributed by atoms with Gasteiger partial charge in [0, 0.05) is 0 Å². The SMILES string of the molecule is CCC(CC)OC1OC(COCCO)C(OC2OC(COCCO)C(OC(CC)C(C)CC)C(O)C2O)C(OCCO)C1O. The lowest BCUT2D eigenvalue weighted by molar-refractivity contribution is -0.371. The molecule has 44 heavy (non-hydrogen) atoms. The molecule has 0 aromatic carbocycles. The Bertz CT molecular complexity index is 730. The van der Waals surface area contributed by atoms with E-state index >= 15 is 0 Å². The van der Waals surface area contributed by atoms with Gasteiger partial charge in [-0.15, -0.1) is 0 Å². The van der Waals surface area contributed by atoms with E-state index in [9.17, 15) is 30.6 Å². The van der Waals surface area contributed by atoms with Crippen LogP contribution in [0, 0.1) is 5.92 Å². The molecule has 0 aromatic rings. The van der Waals surface area contributed by atoms with E-state index in [4.69, 9.17) is 37.9 Å². The number of ether oxygens (including phenoxy) is 8. The fraction of sp³-hybridized carbons (Fsp3) is 1.00. The Hall–Kier alpha value is -0.560. The van der Waals surface area contributed by atoms with Crippen molar-refractivity contribution in [3.05, 3.63) is 0 Å². The fourth-order valence-electron chi connectivity index (χ4n) is 5.46. The summed E-state index contributed by atoms with van der Waals surface area (Å²) in [5.74, 6) is 0.178. The Morgan fingerprint density at radius 2 is 1.18 bits per heavy atom. The van der Waals surface area contributed by atoms with Gasteiger partial charge in [-0.25, -0.2) is 0 Å². The number of hydrogen-bond acceptors (Lipinski definition) is 14. The van der Waals surface area contributed by atoms with E-state index in [0.717, 1.165) is 6.42 Å². The Morgan fingerprint density at radius 1 is 0.614 bits per heavy atom. The van der Waals surface area contributed by atoms with Crippen molar-refractivity contribution in [1.82, 2.24) is 0 Å². The van der Waals surface area contributed by atoms with Crippen LogP contribution in [0.25, 0.3) is 0 Å². The zero-order valence-corrected chi connectivity index (χ0v) is 26.9. The molecule has 12 atom stereocenters. The third kappa shape index (κ3) is 11.3. The Kier molecular flexibility index (Phi) is 19.2. The molecular weight excluding hydrogens is 584 g/mol. The molecule has 6 N–H and O–H groups in total. The van der Waals surface area contributed by atoms with Gasteiger partial charge in [0.15, 0.2) is 12.6 Å². The summed E-state index contributed by atoms with van der Waals surface area (Å²) in [7, 11) is 0. The Labute approximate surface area is 261 Å². The molecule has 2 rings (SSSR count). The van der Waals surface area contributed by atoms with E-state index in [-0.39, 0.29) is 71.0 Å². The van der Waals surface area contributed by atoms with Crippen LogP contribution in [-0.2, 0) is 37.9 Å². The molecule has 14 heteroatoms. The summed E-state index contributed by atoms with van der Waals surface area (Å²) >= 11 is 0. The summed E-state index contributed by atoms with van der Waals surface area (Å²) in [5.41, 5.74) is 0. The lowest BCUT2D eigenvalue weighted by Crippen LogP contribution is -2.66. The lowest BCUT2D eigenvalue weighted by atomic mass is 9.95. The average molecular weight is 643 g/mol. The molecule has 0 amide bonds. The molecule has 0 aromatic heterocycles. The molecule has 2 saturated heterocycles.